The summed E-state index contributed by atoms with van der Waals surface area (Å²) in [5, 5.41) is 18.4. The third-order valence-corrected chi connectivity index (χ3v) is 2.27. The van der Waals surface area contributed by atoms with Gasteiger partial charge in [-0.15, -0.1) is 0 Å². The van der Waals surface area contributed by atoms with Crippen LogP contribution in [0.25, 0.3) is 0 Å². The monoisotopic (exact) mass is 224 g/mol. The van der Waals surface area contributed by atoms with Gasteiger partial charge in [-0.05, 0) is 26.5 Å². The van der Waals surface area contributed by atoms with Crippen LogP contribution in [0.15, 0.2) is 21.9 Å². The van der Waals surface area contributed by atoms with E-state index >= 15 is 0 Å². The highest BCUT2D eigenvalue weighted by atomic mass is 16.3. The molecule has 1 atom stereocenters. The first kappa shape index (κ1) is 12.9. The van der Waals surface area contributed by atoms with Crippen LogP contribution in [-0.4, -0.2) is 41.5 Å². The normalized spacial score (nSPS) is 18.6. The number of hydrogen-bond donors (Lipinski definition) is 2. The first-order valence-corrected chi connectivity index (χ1v) is 5.54. The standard InChI is InChI=1S/C11H20N4O/c1-4-12-11(16)5-6-14-15-8-13-9(2)7-10(15)3/h6-7,11-12,16H,4-5,8H2,1-3H3/b14-6-. The number of aliphatic hydroxyl groups excluding tert-OH is 1. The van der Waals surface area contributed by atoms with Gasteiger partial charge in [-0.2, -0.15) is 5.10 Å². The first-order chi connectivity index (χ1) is 7.63. The highest BCUT2D eigenvalue weighted by molar-refractivity contribution is 5.93. The van der Waals surface area contributed by atoms with Crippen molar-refractivity contribution in [3.05, 3.63) is 11.8 Å². The number of aliphatic imine (C=N–C) groups is 1. The number of nitrogens with zero attached hydrogens (tertiary/aromatic N) is 3. The Morgan fingerprint density at radius 3 is 3.06 bits per heavy atom. The molecule has 5 heteroatoms. The molecule has 1 heterocycles. The highest BCUT2D eigenvalue weighted by Gasteiger charge is 2.07. The number of aliphatic hydroxyl groups is 1. The fraction of sp³-hybridized carbons (Fsp3) is 0.636. The third kappa shape index (κ3) is 4.12. The zero-order chi connectivity index (χ0) is 12.0. The Hall–Kier alpha value is -1.20. The largest absolute Gasteiger partial charge is 0.378 e. The Balaban J connectivity index is 2.38. The average molecular weight is 224 g/mol. The summed E-state index contributed by atoms with van der Waals surface area (Å²) in [7, 11) is 0. The van der Waals surface area contributed by atoms with Gasteiger partial charge in [0.25, 0.3) is 0 Å². The van der Waals surface area contributed by atoms with E-state index < -0.39 is 6.23 Å². The summed E-state index contributed by atoms with van der Waals surface area (Å²) < 4.78 is 0. The molecule has 0 aromatic carbocycles. The van der Waals surface area contributed by atoms with Crippen LogP contribution in [0, 0.1) is 0 Å². The van der Waals surface area contributed by atoms with Crippen molar-refractivity contribution in [1.82, 2.24) is 10.3 Å². The lowest BCUT2D eigenvalue weighted by molar-refractivity contribution is 0.148. The van der Waals surface area contributed by atoms with E-state index in [4.69, 9.17) is 0 Å². The Morgan fingerprint density at radius 2 is 2.44 bits per heavy atom. The molecule has 0 amide bonds. The van der Waals surface area contributed by atoms with Crippen LogP contribution in [0.1, 0.15) is 27.2 Å². The summed E-state index contributed by atoms with van der Waals surface area (Å²) in [6.07, 6.45) is 3.68. The Bertz CT molecular complexity index is 309. The van der Waals surface area contributed by atoms with Gasteiger partial charge in [-0.1, -0.05) is 6.92 Å². The van der Waals surface area contributed by atoms with Crippen LogP contribution in [-0.2, 0) is 0 Å². The number of rotatable bonds is 5. The molecular weight excluding hydrogens is 204 g/mol. The molecule has 0 bridgehead atoms. The number of hydrazone groups is 1. The van der Waals surface area contributed by atoms with Gasteiger partial charge in [-0.25, -0.2) is 5.01 Å². The van der Waals surface area contributed by atoms with Crippen molar-refractivity contribution < 1.29 is 5.11 Å². The van der Waals surface area contributed by atoms with Gasteiger partial charge in [0, 0.05) is 24.0 Å². The van der Waals surface area contributed by atoms with E-state index in [1.807, 2.05) is 31.9 Å². The molecule has 16 heavy (non-hydrogen) atoms. The van der Waals surface area contributed by atoms with E-state index in [-0.39, 0.29) is 0 Å². The van der Waals surface area contributed by atoms with E-state index in [0.29, 0.717) is 13.1 Å². The van der Waals surface area contributed by atoms with Gasteiger partial charge in [0.15, 0.2) is 0 Å². The summed E-state index contributed by atoms with van der Waals surface area (Å²) in [4.78, 5) is 4.27. The number of allylic oxidation sites excluding steroid dienone is 2. The summed E-state index contributed by atoms with van der Waals surface area (Å²) in [5.41, 5.74) is 2.10. The van der Waals surface area contributed by atoms with Crippen LogP contribution < -0.4 is 5.32 Å². The summed E-state index contributed by atoms with van der Waals surface area (Å²) in [6, 6.07) is 0. The molecule has 0 aliphatic carbocycles. The molecule has 1 rings (SSSR count). The minimum Gasteiger partial charge on any atom is -0.378 e. The molecule has 0 fully saturated rings. The van der Waals surface area contributed by atoms with Crippen molar-refractivity contribution in [2.45, 2.75) is 33.4 Å². The summed E-state index contributed by atoms with van der Waals surface area (Å²) in [5.74, 6) is 0. The lowest BCUT2D eigenvalue weighted by atomic mass is 10.3. The molecule has 0 saturated heterocycles. The van der Waals surface area contributed by atoms with Crippen molar-refractivity contribution in [1.29, 1.82) is 0 Å². The fourth-order valence-electron chi connectivity index (χ4n) is 1.40. The molecule has 1 aliphatic heterocycles. The first-order valence-electron chi connectivity index (χ1n) is 5.54. The predicted octanol–water partition coefficient (Wildman–Crippen LogP) is 0.928. The smallest absolute Gasteiger partial charge is 0.131 e. The SMILES string of the molecule is CCNC(O)C/C=N\N1CN=C(C)C=C1C. The number of hydrogen-bond acceptors (Lipinski definition) is 5. The van der Waals surface area contributed by atoms with Gasteiger partial charge >= 0.3 is 0 Å². The molecule has 0 spiro atoms. The van der Waals surface area contributed by atoms with Crippen LogP contribution in [0.3, 0.4) is 0 Å². The molecule has 1 aliphatic rings. The second-order valence-electron chi connectivity index (χ2n) is 3.73. The maximum atomic E-state index is 9.42. The van der Waals surface area contributed by atoms with Gasteiger partial charge in [-0.3, -0.25) is 10.3 Å². The molecule has 1 unspecified atom stereocenters. The average Bonchev–Trinajstić information content (AvgIpc) is 2.22. The van der Waals surface area contributed by atoms with E-state index in [9.17, 15) is 5.11 Å². The van der Waals surface area contributed by atoms with Crippen molar-refractivity contribution in [2.75, 3.05) is 13.2 Å². The quantitative estimate of drug-likeness (QED) is 0.539. The van der Waals surface area contributed by atoms with Gasteiger partial charge in [0.05, 0.1) is 0 Å². The lowest BCUT2D eigenvalue weighted by Crippen LogP contribution is -2.29. The van der Waals surface area contributed by atoms with Crippen LogP contribution >= 0.6 is 0 Å². The van der Waals surface area contributed by atoms with Crippen molar-refractivity contribution >= 4 is 11.9 Å². The molecule has 90 valence electrons. The number of nitrogens with one attached hydrogen (secondary N) is 1. The van der Waals surface area contributed by atoms with E-state index in [1.54, 1.807) is 6.21 Å². The van der Waals surface area contributed by atoms with E-state index in [1.165, 1.54) is 0 Å². The molecule has 0 radical (unpaired) electrons. The molecule has 0 aromatic heterocycles. The van der Waals surface area contributed by atoms with Crippen LogP contribution in [0.5, 0.6) is 0 Å². The van der Waals surface area contributed by atoms with E-state index in [0.717, 1.165) is 18.0 Å². The molecule has 0 saturated carbocycles. The Kier molecular flexibility index (Phi) is 5.14. The van der Waals surface area contributed by atoms with Crippen molar-refractivity contribution in [3.63, 3.8) is 0 Å². The maximum Gasteiger partial charge on any atom is 0.131 e. The topological polar surface area (TPSA) is 60.2 Å². The predicted molar refractivity (Wildman–Crippen MR) is 66.4 cm³/mol. The molecular formula is C11H20N4O. The molecule has 2 N–H and O–H groups in total. The summed E-state index contributed by atoms with van der Waals surface area (Å²) >= 11 is 0. The van der Waals surface area contributed by atoms with Gasteiger partial charge in [0.2, 0.25) is 0 Å². The minimum absolute atomic E-state index is 0.500. The third-order valence-electron chi connectivity index (χ3n) is 2.27. The lowest BCUT2D eigenvalue weighted by Gasteiger charge is -2.21. The van der Waals surface area contributed by atoms with Crippen molar-refractivity contribution in [2.24, 2.45) is 10.1 Å². The zero-order valence-corrected chi connectivity index (χ0v) is 10.1. The van der Waals surface area contributed by atoms with Crippen molar-refractivity contribution in [3.8, 4) is 0 Å². The zero-order valence-electron chi connectivity index (χ0n) is 10.1. The Labute approximate surface area is 96.6 Å². The van der Waals surface area contributed by atoms with E-state index in [2.05, 4.69) is 15.4 Å². The Morgan fingerprint density at radius 1 is 1.69 bits per heavy atom. The second kappa shape index (κ2) is 6.40. The van der Waals surface area contributed by atoms with Crippen LogP contribution in [0.4, 0.5) is 0 Å². The van der Waals surface area contributed by atoms with Gasteiger partial charge < -0.3 is 5.11 Å². The molecule has 5 nitrogen and oxygen atoms in total. The minimum atomic E-state index is -0.520. The summed E-state index contributed by atoms with van der Waals surface area (Å²) in [6.45, 7) is 7.23. The fourth-order valence-corrected chi connectivity index (χ4v) is 1.40. The maximum absolute atomic E-state index is 9.42. The van der Waals surface area contributed by atoms with Crippen LogP contribution in [0.2, 0.25) is 0 Å². The van der Waals surface area contributed by atoms with Gasteiger partial charge in [0.1, 0.15) is 12.9 Å². The second-order valence-corrected chi connectivity index (χ2v) is 3.73. The highest BCUT2D eigenvalue weighted by Crippen LogP contribution is 2.09. The molecule has 0 aromatic rings.